The van der Waals surface area contributed by atoms with E-state index >= 15 is 0 Å². The highest BCUT2D eigenvalue weighted by molar-refractivity contribution is 5.74. The molecule has 0 aliphatic heterocycles. The molecule has 0 aromatic carbocycles. The van der Waals surface area contributed by atoms with Crippen LogP contribution in [0, 0.1) is 6.92 Å². The third-order valence-electron chi connectivity index (χ3n) is 3.66. The maximum Gasteiger partial charge on any atom is 0.202 e. The number of hydrogen-bond donors (Lipinski definition) is 1. The van der Waals surface area contributed by atoms with Crippen LogP contribution in [0.4, 0.5) is 5.95 Å². The lowest BCUT2D eigenvalue weighted by Gasteiger charge is -2.30. The van der Waals surface area contributed by atoms with E-state index in [0.29, 0.717) is 18.0 Å². The smallest absolute Gasteiger partial charge is 0.202 e. The molecule has 0 amide bonds. The van der Waals surface area contributed by atoms with Crippen LogP contribution in [0.1, 0.15) is 33.3 Å². The van der Waals surface area contributed by atoms with Gasteiger partial charge in [0, 0.05) is 31.4 Å². The zero-order valence-corrected chi connectivity index (χ0v) is 13.1. The Bertz CT molecular complexity index is 577. The Morgan fingerprint density at radius 3 is 2.50 bits per heavy atom. The monoisotopic (exact) mass is 275 g/mol. The van der Waals surface area contributed by atoms with Gasteiger partial charge >= 0.3 is 0 Å². The topological polar surface area (TPSA) is 60.0 Å². The van der Waals surface area contributed by atoms with Crippen LogP contribution in [-0.2, 0) is 6.54 Å². The molecule has 0 atom stereocenters. The summed E-state index contributed by atoms with van der Waals surface area (Å²) in [5.74, 6) is 0.547. The van der Waals surface area contributed by atoms with Crippen molar-refractivity contribution in [3.63, 3.8) is 0 Å². The number of aryl methyl sites for hydroxylation is 1. The molecule has 5 heteroatoms. The van der Waals surface area contributed by atoms with Gasteiger partial charge in [0.15, 0.2) is 5.65 Å². The highest BCUT2D eigenvalue weighted by Gasteiger charge is 2.15. The third kappa shape index (κ3) is 2.93. The first kappa shape index (κ1) is 14.8. The van der Waals surface area contributed by atoms with E-state index in [1.165, 1.54) is 0 Å². The number of rotatable bonds is 5. The van der Waals surface area contributed by atoms with Crippen molar-refractivity contribution in [2.75, 3.05) is 12.3 Å². The Labute approximate surface area is 120 Å². The average Bonchev–Trinajstić information content (AvgIpc) is 2.64. The summed E-state index contributed by atoms with van der Waals surface area (Å²) in [5, 5.41) is 0. The summed E-state index contributed by atoms with van der Waals surface area (Å²) >= 11 is 0. The average molecular weight is 275 g/mol. The fourth-order valence-electron chi connectivity index (χ4n) is 2.68. The molecule has 0 bridgehead atoms. The predicted molar refractivity (Wildman–Crippen MR) is 83.7 cm³/mol. The van der Waals surface area contributed by atoms with Crippen LogP contribution in [0.5, 0.6) is 0 Å². The second-order valence-corrected chi connectivity index (χ2v) is 5.90. The van der Waals surface area contributed by atoms with E-state index in [9.17, 15) is 0 Å². The summed E-state index contributed by atoms with van der Waals surface area (Å²) in [5.41, 5.74) is 8.89. The standard InChI is InChI=1S/C15H25N5/c1-10(2)19(11(3)4)6-7-20-14-13(18-15(20)16)8-12(5)9-17-14/h8-11H,6-7H2,1-5H3,(H2,16,18). The number of fused-ring (bicyclic) bond motifs is 1. The number of imidazole rings is 1. The molecule has 0 spiro atoms. The van der Waals surface area contributed by atoms with Crippen molar-refractivity contribution < 1.29 is 0 Å². The van der Waals surface area contributed by atoms with Gasteiger partial charge in [0.05, 0.1) is 0 Å². The molecule has 0 aliphatic rings. The SMILES string of the molecule is Cc1cnc2c(c1)nc(N)n2CCN(C(C)C)C(C)C. The van der Waals surface area contributed by atoms with Crippen molar-refractivity contribution in [1.29, 1.82) is 0 Å². The Kier molecular flexibility index (Phi) is 4.28. The molecule has 20 heavy (non-hydrogen) atoms. The van der Waals surface area contributed by atoms with Crippen LogP contribution < -0.4 is 5.73 Å². The van der Waals surface area contributed by atoms with Gasteiger partial charge in [0.25, 0.3) is 0 Å². The molecule has 2 aromatic rings. The fourth-order valence-corrected chi connectivity index (χ4v) is 2.68. The van der Waals surface area contributed by atoms with E-state index < -0.39 is 0 Å². The molecule has 0 saturated carbocycles. The van der Waals surface area contributed by atoms with Crippen LogP contribution in [0.2, 0.25) is 0 Å². The number of aromatic nitrogens is 3. The maximum atomic E-state index is 6.04. The van der Waals surface area contributed by atoms with Crippen molar-refractivity contribution in [3.8, 4) is 0 Å². The number of nitrogens with two attached hydrogens (primary N) is 1. The van der Waals surface area contributed by atoms with E-state index in [0.717, 1.165) is 29.8 Å². The number of pyridine rings is 1. The number of nitrogens with zero attached hydrogens (tertiary/aromatic N) is 4. The van der Waals surface area contributed by atoms with Crippen molar-refractivity contribution in [2.45, 2.75) is 53.2 Å². The minimum absolute atomic E-state index is 0.515. The zero-order valence-electron chi connectivity index (χ0n) is 13.1. The number of anilines is 1. The van der Waals surface area contributed by atoms with Crippen LogP contribution in [0.15, 0.2) is 12.3 Å². The van der Waals surface area contributed by atoms with E-state index in [2.05, 4.69) is 42.6 Å². The first-order valence-electron chi connectivity index (χ1n) is 7.24. The van der Waals surface area contributed by atoms with E-state index in [-0.39, 0.29) is 0 Å². The van der Waals surface area contributed by atoms with E-state index in [4.69, 9.17) is 5.73 Å². The molecular formula is C15H25N5. The minimum atomic E-state index is 0.515. The Morgan fingerprint density at radius 2 is 1.90 bits per heavy atom. The Morgan fingerprint density at radius 1 is 1.25 bits per heavy atom. The molecule has 2 heterocycles. The molecule has 0 fully saturated rings. The summed E-state index contributed by atoms with van der Waals surface area (Å²) in [4.78, 5) is 11.3. The van der Waals surface area contributed by atoms with Crippen LogP contribution >= 0.6 is 0 Å². The molecule has 5 nitrogen and oxygen atoms in total. The molecule has 2 rings (SSSR count). The molecular weight excluding hydrogens is 250 g/mol. The van der Waals surface area contributed by atoms with Gasteiger partial charge in [-0.3, -0.25) is 9.47 Å². The molecule has 2 N–H and O–H groups in total. The molecule has 0 radical (unpaired) electrons. The maximum absolute atomic E-state index is 6.04. The lowest BCUT2D eigenvalue weighted by molar-refractivity contribution is 0.169. The van der Waals surface area contributed by atoms with Crippen LogP contribution in [-0.4, -0.2) is 38.1 Å². The van der Waals surface area contributed by atoms with Gasteiger partial charge < -0.3 is 5.73 Å². The van der Waals surface area contributed by atoms with Crippen LogP contribution in [0.25, 0.3) is 11.2 Å². The lowest BCUT2D eigenvalue weighted by Crippen LogP contribution is -2.39. The van der Waals surface area contributed by atoms with Gasteiger partial charge in [-0.15, -0.1) is 0 Å². The Hall–Kier alpha value is -1.62. The van der Waals surface area contributed by atoms with Gasteiger partial charge in [0.2, 0.25) is 5.95 Å². The Balaban J connectivity index is 2.23. The summed E-state index contributed by atoms with van der Waals surface area (Å²) in [6, 6.07) is 3.06. The largest absolute Gasteiger partial charge is 0.369 e. The normalized spacial score (nSPS) is 12.2. The fraction of sp³-hybridized carbons (Fsp3) is 0.600. The van der Waals surface area contributed by atoms with Gasteiger partial charge in [-0.05, 0) is 46.2 Å². The van der Waals surface area contributed by atoms with Gasteiger partial charge in [-0.1, -0.05) is 0 Å². The first-order valence-corrected chi connectivity index (χ1v) is 7.24. The summed E-state index contributed by atoms with van der Waals surface area (Å²) in [6.45, 7) is 12.7. The summed E-state index contributed by atoms with van der Waals surface area (Å²) in [6.07, 6.45) is 1.86. The number of nitrogen functional groups attached to an aromatic ring is 1. The minimum Gasteiger partial charge on any atom is -0.369 e. The molecule has 110 valence electrons. The van der Waals surface area contributed by atoms with Crippen molar-refractivity contribution >= 4 is 17.1 Å². The quantitative estimate of drug-likeness (QED) is 0.910. The van der Waals surface area contributed by atoms with Crippen molar-refractivity contribution in [1.82, 2.24) is 19.4 Å². The van der Waals surface area contributed by atoms with Crippen LogP contribution in [0.3, 0.4) is 0 Å². The number of hydrogen-bond acceptors (Lipinski definition) is 4. The van der Waals surface area contributed by atoms with Gasteiger partial charge in [-0.2, -0.15) is 0 Å². The second kappa shape index (κ2) is 5.79. The summed E-state index contributed by atoms with van der Waals surface area (Å²) in [7, 11) is 0. The van der Waals surface area contributed by atoms with Crippen molar-refractivity contribution in [2.24, 2.45) is 0 Å². The summed E-state index contributed by atoms with van der Waals surface area (Å²) < 4.78 is 2.01. The van der Waals surface area contributed by atoms with E-state index in [1.807, 2.05) is 23.8 Å². The second-order valence-electron chi connectivity index (χ2n) is 5.90. The van der Waals surface area contributed by atoms with E-state index in [1.54, 1.807) is 0 Å². The molecule has 2 aromatic heterocycles. The van der Waals surface area contributed by atoms with Gasteiger partial charge in [0.1, 0.15) is 5.52 Å². The lowest BCUT2D eigenvalue weighted by atomic mass is 10.2. The zero-order chi connectivity index (χ0) is 14.9. The third-order valence-corrected chi connectivity index (χ3v) is 3.66. The molecule has 0 unspecified atom stereocenters. The highest BCUT2D eigenvalue weighted by Crippen LogP contribution is 2.17. The van der Waals surface area contributed by atoms with Gasteiger partial charge in [-0.25, -0.2) is 9.97 Å². The predicted octanol–water partition coefficient (Wildman–Crippen LogP) is 2.44. The molecule has 0 aliphatic carbocycles. The molecule has 0 saturated heterocycles. The highest BCUT2D eigenvalue weighted by atomic mass is 15.2. The van der Waals surface area contributed by atoms with Crippen molar-refractivity contribution in [3.05, 3.63) is 17.8 Å². The first-order chi connectivity index (χ1) is 9.40.